The molecule has 0 aliphatic carbocycles. The molecule has 2 aromatic heterocycles. The molecule has 0 radical (unpaired) electrons. The maximum Gasteiger partial charge on any atom is 0.241 e. The van der Waals surface area contributed by atoms with E-state index in [2.05, 4.69) is 14.8 Å². The second-order valence-electron chi connectivity index (χ2n) is 7.51. The number of nitrogens with zero attached hydrogens (tertiary/aromatic N) is 3. The average Bonchev–Trinajstić information content (AvgIpc) is 3.04. The molecule has 0 saturated heterocycles. The normalized spacial score (nSPS) is 11.8. The van der Waals surface area contributed by atoms with Crippen LogP contribution in [0.5, 0.6) is 0 Å². The molecule has 2 heterocycles. The molecule has 154 valence electrons. The second kappa shape index (κ2) is 8.01. The van der Waals surface area contributed by atoms with Crippen LogP contribution in [0.2, 0.25) is 0 Å². The molecule has 0 atom stereocenters. The number of aromatic nitrogens is 3. The van der Waals surface area contributed by atoms with Crippen LogP contribution in [0.4, 0.5) is 0 Å². The van der Waals surface area contributed by atoms with Gasteiger partial charge < -0.3 is 0 Å². The predicted molar refractivity (Wildman–Crippen MR) is 118 cm³/mol. The van der Waals surface area contributed by atoms with Crippen LogP contribution in [0.25, 0.3) is 10.9 Å². The minimum atomic E-state index is -3.68. The van der Waals surface area contributed by atoms with Gasteiger partial charge in [0.05, 0.1) is 22.7 Å². The Bertz CT molecular complexity index is 1330. The van der Waals surface area contributed by atoms with Crippen molar-refractivity contribution in [2.24, 2.45) is 0 Å². The van der Waals surface area contributed by atoms with E-state index in [1.807, 2.05) is 55.8 Å². The summed E-state index contributed by atoms with van der Waals surface area (Å²) in [5.74, 6) is 0. The van der Waals surface area contributed by atoms with Gasteiger partial charge in [-0.3, -0.25) is 9.67 Å². The largest absolute Gasteiger partial charge is 0.265 e. The van der Waals surface area contributed by atoms with Crippen molar-refractivity contribution in [1.82, 2.24) is 19.5 Å². The molecular formula is C23H24N4O2S. The first-order valence-corrected chi connectivity index (χ1v) is 11.2. The van der Waals surface area contributed by atoms with Gasteiger partial charge in [-0.05, 0) is 61.7 Å². The van der Waals surface area contributed by atoms with Gasteiger partial charge in [-0.25, -0.2) is 13.1 Å². The molecule has 2 aromatic carbocycles. The maximum absolute atomic E-state index is 13.0. The molecule has 4 aromatic rings. The highest BCUT2D eigenvalue weighted by Gasteiger charge is 2.18. The number of aryl methyl sites for hydroxylation is 3. The molecule has 0 bridgehead atoms. The number of nitrogens with one attached hydrogen (secondary N) is 1. The predicted octanol–water partition coefficient (Wildman–Crippen LogP) is 3.88. The summed E-state index contributed by atoms with van der Waals surface area (Å²) in [5, 5.41) is 5.12. The minimum absolute atomic E-state index is 0.211. The van der Waals surface area contributed by atoms with Gasteiger partial charge in [-0.2, -0.15) is 5.10 Å². The monoisotopic (exact) mass is 420 g/mol. The smallest absolute Gasteiger partial charge is 0.241 e. The van der Waals surface area contributed by atoms with Gasteiger partial charge in [-0.1, -0.05) is 30.3 Å². The van der Waals surface area contributed by atoms with Crippen molar-refractivity contribution in [2.75, 3.05) is 0 Å². The van der Waals surface area contributed by atoms with E-state index in [1.165, 1.54) is 0 Å². The third-order valence-corrected chi connectivity index (χ3v) is 6.57. The molecule has 4 rings (SSSR count). The zero-order chi connectivity index (χ0) is 21.3. The first-order chi connectivity index (χ1) is 14.3. The first kappa shape index (κ1) is 20.3. The van der Waals surface area contributed by atoms with E-state index in [9.17, 15) is 8.42 Å². The quantitative estimate of drug-likeness (QED) is 0.513. The van der Waals surface area contributed by atoms with Crippen LogP contribution in [0.3, 0.4) is 0 Å². The summed E-state index contributed by atoms with van der Waals surface area (Å²) in [7, 11) is -3.68. The van der Waals surface area contributed by atoms with E-state index in [-0.39, 0.29) is 11.4 Å². The number of fused-ring (bicyclic) bond motifs is 1. The Balaban J connectivity index is 1.55. The fourth-order valence-electron chi connectivity index (χ4n) is 3.62. The van der Waals surface area contributed by atoms with Crippen LogP contribution in [0.15, 0.2) is 65.7 Å². The standard InChI is InChI=1S/C23H24N4O2S/c1-16-9-10-22(21-8-5-11-24-23(16)21)30(28,29)25-14-19-6-4-7-20(13-19)15-27-18(3)12-17(2)26-27/h4-13,25H,14-15H2,1-3H3. The minimum Gasteiger partial charge on any atom is -0.265 e. The summed E-state index contributed by atoms with van der Waals surface area (Å²) in [5.41, 5.74) is 5.69. The van der Waals surface area contributed by atoms with Crippen LogP contribution in [-0.2, 0) is 23.1 Å². The highest BCUT2D eigenvalue weighted by Crippen LogP contribution is 2.24. The summed E-state index contributed by atoms with van der Waals surface area (Å²) >= 11 is 0. The average molecular weight is 421 g/mol. The Kier molecular flexibility index (Phi) is 5.40. The Morgan fingerprint density at radius 3 is 2.53 bits per heavy atom. The molecule has 0 aliphatic rings. The number of rotatable bonds is 6. The lowest BCUT2D eigenvalue weighted by Crippen LogP contribution is -2.23. The van der Waals surface area contributed by atoms with Crippen molar-refractivity contribution in [3.8, 4) is 0 Å². The van der Waals surface area contributed by atoms with Crippen molar-refractivity contribution in [2.45, 2.75) is 38.8 Å². The zero-order valence-electron chi connectivity index (χ0n) is 17.3. The molecule has 0 fully saturated rings. The number of pyridine rings is 1. The molecule has 0 spiro atoms. The van der Waals surface area contributed by atoms with Crippen LogP contribution >= 0.6 is 0 Å². The molecule has 1 N–H and O–H groups in total. The van der Waals surface area contributed by atoms with Gasteiger partial charge in [0.25, 0.3) is 0 Å². The van der Waals surface area contributed by atoms with Crippen LogP contribution in [0.1, 0.15) is 28.1 Å². The highest BCUT2D eigenvalue weighted by molar-refractivity contribution is 7.89. The fourth-order valence-corrected chi connectivity index (χ4v) is 4.84. The van der Waals surface area contributed by atoms with Gasteiger partial charge in [0.15, 0.2) is 0 Å². The lowest BCUT2D eigenvalue weighted by molar-refractivity contribution is 0.582. The van der Waals surface area contributed by atoms with E-state index >= 15 is 0 Å². The maximum atomic E-state index is 13.0. The molecule has 0 aliphatic heterocycles. The first-order valence-electron chi connectivity index (χ1n) is 9.76. The lowest BCUT2D eigenvalue weighted by atomic mass is 10.1. The number of hydrogen-bond donors (Lipinski definition) is 1. The lowest BCUT2D eigenvalue weighted by Gasteiger charge is -2.11. The molecule has 6 nitrogen and oxygen atoms in total. The summed E-state index contributed by atoms with van der Waals surface area (Å²) < 4.78 is 30.7. The topological polar surface area (TPSA) is 76.9 Å². The molecule has 7 heteroatoms. The molecule has 0 saturated carbocycles. The Morgan fingerprint density at radius 1 is 0.967 bits per heavy atom. The SMILES string of the molecule is Cc1cc(C)n(Cc2cccc(CNS(=O)(=O)c3ccc(C)c4ncccc34)c2)n1. The summed E-state index contributed by atoms with van der Waals surface area (Å²) in [6.45, 7) is 6.78. The van der Waals surface area contributed by atoms with E-state index in [1.54, 1.807) is 30.5 Å². The van der Waals surface area contributed by atoms with Gasteiger partial charge in [0.1, 0.15) is 0 Å². The summed E-state index contributed by atoms with van der Waals surface area (Å²) in [4.78, 5) is 4.58. The van der Waals surface area contributed by atoms with Gasteiger partial charge in [0.2, 0.25) is 10.0 Å². The summed E-state index contributed by atoms with van der Waals surface area (Å²) in [6.07, 6.45) is 1.67. The van der Waals surface area contributed by atoms with E-state index in [0.717, 1.165) is 28.1 Å². The third kappa shape index (κ3) is 4.13. The third-order valence-electron chi connectivity index (χ3n) is 5.11. The molecule has 0 amide bonds. The fraction of sp³-hybridized carbons (Fsp3) is 0.217. The van der Waals surface area contributed by atoms with Crippen molar-refractivity contribution >= 4 is 20.9 Å². The number of benzene rings is 2. The van der Waals surface area contributed by atoms with Gasteiger partial charge in [-0.15, -0.1) is 0 Å². The van der Waals surface area contributed by atoms with E-state index in [0.29, 0.717) is 17.4 Å². The van der Waals surface area contributed by atoms with Crippen LogP contribution in [-0.4, -0.2) is 23.2 Å². The van der Waals surface area contributed by atoms with Crippen LogP contribution < -0.4 is 4.72 Å². The number of hydrogen-bond acceptors (Lipinski definition) is 4. The van der Waals surface area contributed by atoms with Crippen LogP contribution in [0, 0.1) is 20.8 Å². The van der Waals surface area contributed by atoms with Crippen molar-refractivity contribution in [3.63, 3.8) is 0 Å². The second-order valence-corrected chi connectivity index (χ2v) is 9.24. The summed E-state index contributed by atoms with van der Waals surface area (Å²) in [6, 6.07) is 16.9. The van der Waals surface area contributed by atoms with Crippen molar-refractivity contribution in [3.05, 3.63) is 88.9 Å². The van der Waals surface area contributed by atoms with Gasteiger partial charge >= 0.3 is 0 Å². The van der Waals surface area contributed by atoms with Gasteiger partial charge in [0, 0.05) is 23.8 Å². The Morgan fingerprint density at radius 2 is 1.77 bits per heavy atom. The number of sulfonamides is 1. The van der Waals surface area contributed by atoms with E-state index < -0.39 is 10.0 Å². The van der Waals surface area contributed by atoms with Crippen molar-refractivity contribution in [1.29, 1.82) is 0 Å². The molecule has 30 heavy (non-hydrogen) atoms. The Labute approximate surface area is 176 Å². The Hall–Kier alpha value is -3.03. The van der Waals surface area contributed by atoms with Crippen molar-refractivity contribution < 1.29 is 8.42 Å². The van der Waals surface area contributed by atoms with E-state index in [4.69, 9.17) is 0 Å². The molecule has 0 unspecified atom stereocenters. The molecular weight excluding hydrogens is 396 g/mol. The highest BCUT2D eigenvalue weighted by atomic mass is 32.2. The zero-order valence-corrected chi connectivity index (χ0v) is 18.1.